The van der Waals surface area contributed by atoms with E-state index in [4.69, 9.17) is 14.7 Å². The average Bonchev–Trinajstić information content (AvgIpc) is 2.88. The number of methoxy groups -OCH3 is 1. The Hall–Kier alpha value is -3.06. The van der Waals surface area contributed by atoms with Gasteiger partial charge < -0.3 is 14.4 Å². The van der Waals surface area contributed by atoms with Gasteiger partial charge >= 0.3 is 0 Å². The standard InChI is InChI=1S/C18H18N2O5/c1-24-15-5-2-12(3-6-15)18(22)20-8-9-25-16-7-4-13(17(21)19-23)10-14(16)11-20/h2-7,10,23H,8-9,11H2,1H3,(H,19,21). The summed E-state index contributed by atoms with van der Waals surface area (Å²) in [5, 5.41) is 8.77. The van der Waals surface area contributed by atoms with Crippen molar-refractivity contribution in [3.63, 3.8) is 0 Å². The molecule has 7 heteroatoms. The van der Waals surface area contributed by atoms with E-state index in [1.807, 2.05) is 0 Å². The fraction of sp³-hybridized carbons (Fsp3) is 0.222. The fourth-order valence-electron chi connectivity index (χ4n) is 2.69. The van der Waals surface area contributed by atoms with Crippen molar-refractivity contribution in [2.75, 3.05) is 20.3 Å². The lowest BCUT2D eigenvalue weighted by atomic mass is 10.1. The van der Waals surface area contributed by atoms with Gasteiger partial charge in [-0.2, -0.15) is 0 Å². The maximum absolute atomic E-state index is 12.7. The Labute approximate surface area is 144 Å². The number of nitrogens with zero attached hydrogens (tertiary/aromatic N) is 1. The van der Waals surface area contributed by atoms with Crippen molar-refractivity contribution in [3.8, 4) is 11.5 Å². The summed E-state index contributed by atoms with van der Waals surface area (Å²) in [7, 11) is 1.57. The molecule has 0 radical (unpaired) electrons. The molecule has 2 N–H and O–H groups in total. The number of fused-ring (bicyclic) bond motifs is 1. The first kappa shape index (κ1) is 16.8. The molecule has 0 aliphatic carbocycles. The predicted molar refractivity (Wildman–Crippen MR) is 88.9 cm³/mol. The summed E-state index contributed by atoms with van der Waals surface area (Å²) in [6.45, 7) is 1.11. The molecule has 0 saturated heterocycles. The van der Waals surface area contributed by atoms with Gasteiger partial charge in [-0.1, -0.05) is 0 Å². The summed E-state index contributed by atoms with van der Waals surface area (Å²) in [6, 6.07) is 11.7. The second kappa shape index (κ2) is 7.23. The number of benzene rings is 2. The summed E-state index contributed by atoms with van der Waals surface area (Å²) in [5.41, 5.74) is 3.16. The van der Waals surface area contributed by atoms with Crippen LogP contribution in [0.4, 0.5) is 0 Å². The molecule has 0 unspecified atom stereocenters. The molecule has 2 aromatic carbocycles. The van der Waals surface area contributed by atoms with E-state index >= 15 is 0 Å². The number of carbonyl (C=O) groups is 2. The number of rotatable bonds is 3. The lowest BCUT2D eigenvalue weighted by Crippen LogP contribution is -2.32. The van der Waals surface area contributed by atoms with Gasteiger partial charge in [-0.15, -0.1) is 0 Å². The Morgan fingerprint density at radius 3 is 2.56 bits per heavy atom. The van der Waals surface area contributed by atoms with Gasteiger partial charge in [0.2, 0.25) is 0 Å². The third-order valence-corrected chi connectivity index (χ3v) is 4.03. The number of hydrogen-bond acceptors (Lipinski definition) is 5. The van der Waals surface area contributed by atoms with Crippen LogP contribution >= 0.6 is 0 Å². The molecule has 2 aromatic rings. The summed E-state index contributed by atoms with van der Waals surface area (Å²) < 4.78 is 10.8. The van der Waals surface area contributed by atoms with Crippen LogP contribution in [0.25, 0.3) is 0 Å². The second-order valence-corrected chi connectivity index (χ2v) is 5.57. The Morgan fingerprint density at radius 1 is 1.16 bits per heavy atom. The van der Waals surface area contributed by atoms with Crippen LogP contribution in [-0.4, -0.2) is 42.2 Å². The number of carbonyl (C=O) groups excluding carboxylic acids is 2. The maximum atomic E-state index is 12.7. The van der Waals surface area contributed by atoms with E-state index in [1.54, 1.807) is 60.0 Å². The maximum Gasteiger partial charge on any atom is 0.274 e. The van der Waals surface area contributed by atoms with Gasteiger partial charge in [-0.3, -0.25) is 14.8 Å². The first-order chi connectivity index (χ1) is 12.1. The van der Waals surface area contributed by atoms with E-state index in [1.165, 1.54) is 0 Å². The van der Waals surface area contributed by atoms with E-state index in [0.717, 1.165) is 0 Å². The monoisotopic (exact) mass is 342 g/mol. The van der Waals surface area contributed by atoms with Crippen molar-refractivity contribution in [1.82, 2.24) is 10.4 Å². The van der Waals surface area contributed by atoms with E-state index < -0.39 is 5.91 Å². The molecule has 0 spiro atoms. The van der Waals surface area contributed by atoms with E-state index in [9.17, 15) is 9.59 Å². The third kappa shape index (κ3) is 3.56. The van der Waals surface area contributed by atoms with Gasteiger partial charge in [0.15, 0.2) is 0 Å². The van der Waals surface area contributed by atoms with Crippen LogP contribution in [-0.2, 0) is 6.54 Å². The average molecular weight is 342 g/mol. The van der Waals surface area contributed by atoms with E-state index in [2.05, 4.69) is 0 Å². The Morgan fingerprint density at radius 2 is 1.88 bits per heavy atom. The minimum atomic E-state index is -0.611. The molecular weight excluding hydrogens is 324 g/mol. The van der Waals surface area contributed by atoms with Crippen LogP contribution in [0.5, 0.6) is 11.5 Å². The number of amides is 2. The van der Waals surface area contributed by atoms with Crippen LogP contribution in [0, 0.1) is 0 Å². The molecule has 0 aromatic heterocycles. The fourth-order valence-corrected chi connectivity index (χ4v) is 2.69. The number of ether oxygens (including phenoxy) is 2. The molecule has 2 amide bonds. The van der Waals surface area contributed by atoms with Crippen molar-refractivity contribution in [1.29, 1.82) is 0 Å². The molecule has 130 valence electrons. The molecule has 0 atom stereocenters. The van der Waals surface area contributed by atoms with Gasteiger partial charge in [-0.05, 0) is 42.5 Å². The molecule has 0 bridgehead atoms. The van der Waals surface area contributed by atoms with Gasteiger partial charge in [-0.25, -0.2) is 5.48 Å². The molecule has 7 nitrogen and oxygen atoms in total. The highest BCUT2D eigenvalue weighted by Gasteiger charge is 2.22. The molecule has 1 aliphatic heterocycles. The highest BCUT2D eigenvalue weighted by atomic mass is 16.5. The molecule has 0 fully saturated rings. The van der Waals surface area contributed by atoms with Crippen molar-refractivity contribution in [3.05, 3.63) is 59.2 Å². The van der Waals surface area contributed by atoms with Gasteiger partial charge in [0.05, 0.1) is 13.7 Å². The zero-order valence-corrected chi connectivity index (χ0v) is 13.7. The minimum absolute atomic E-state index is 0.129. The van der Waals surface area contributed by atoms with Crippen molar-refractivity contribution in [2.24, 2.45) is 0 Å². The molecule has 1 heterocycles. The lowest BCUT2D eigenvalue weighted by molar-refractivity contribution is 0.0706. The summed E-state index contributed by atoms with van der Waals surface area (Å²) in [4.78, 5) is 26.0. The lowest BCUT2D eigenvalue weighted by Gasteiger charge is -2.20. The summed E-state index contributed by atoms with van der Waals surface area (Å²) in [6.07, 6.45) is 0. The summed E-state index contributed by atoms with van der Waals surface area (Å²) >= 11 is 0. The van der Waals surface area contributed by atoms with Crippen molar-refractivity contribution < 1.29 is 24.3 Å². The van der Waals surface area contributed by atoms with Crippen molar-refractivity contribution in [2.45, 2.75) is 6.54 Å². The number of hydrogen-bond donors (Lipinski definition) is 2. The highest BCUT2D eigenvalue weighted by Crippen LogP contribution is 2.25. The first-order valence-corrected chi connectivity index (χ1v) is 7.76. The molecule has 3 rings (SSSR count). The third-order valence-electron chi connectivity index (χ3n) is 4.03. The second-order valence-electron chi connectivity index (χ2n) is 5.57. The predicted octanol–water partition coefficient (Wildman–Crippen LogP) is 1.85. The zero-order valence-electron chi connectivity index (χ0n) is 13.7. The van der Waals surface area contributed by atoms with Gasteiger partial charge in [0.25, 0.3) is 11.8 Å². The molecular formula is C18H18N2O5. The van der Waals surface area contributed by atoms with Gasteiger partial charge in [0.1, 0.15) is 18.1 Å². The normalized spacial score (nSPS) is 13.3. The largest absolute Gasteiger partial charge is 0.497 e. The number of hydroxylamine groups is 1. The Kier molecular flexibility index (Phi) is 4.85. The summed E-state index contributed by atoms with van der Waals surface area (Å²) in [5.74, 6) is 0.566. The zero-order chi connectivity index (χ0) is 17.8. The van der Waals surface area contributed by atoms with E-state index in [0.29, 0.717) is 47.9 Å². The van der Waals surface area contributed by atoms with Crippen LogP contribution < -0.4 is 15.0 Å². The molecule has 1 aliphatic rings. The van der Waals surface area contributed by atoms with Crippen LogP contribution in [0.1, 0.15) is 26.3 Å². The first-order valence-electron chi connectivity index (χ1n) is 7.76. The topological polar surface area (TPSA) is 88.1 Å². The van der Waals surface area contributed by atoms with Crippen LogP contribution in [0.15, 0.2) is 42.5 Å². The minimum Gasteiger partial charge on any atom is -0.497 e. The van der Waals surface area contributed by atoms with Gasteiger partial charge in [0, 0.05) is 23.2 Å². The van der Waals surface area contributed by atoms with Crippen molar-refractivity contribution >= 4 is 11.8 Å². The van der Waals surface area contributed by atoms with Crippen LogP contribution in [0.2, 0.25) is 0 Å². The Balaban J connectivity index is 1.84. The SMILES string of the molecule is COc1ccc(C(=O)N2CCOc3ccc(C(=O)NO)cc3C2)cc1. The molecule has 25 heavy (non-hydrogen) atoms. The Bertz CT molecular complexity index is 789. The smallest absolute Gasteiger partial charge is 0.274 e. The quantitative estimate of drug-likeness (QED) is 0.656. The highest BCUT2D eigenvalue weighted by molar-refractivity contribution is 5.95. The number of nitrogens with one attached hydrogen (secondary N) is 1. The van der Waals surface area contributed by atoms with Crippen LogP contribution in [0.3, 0.4) is 0 Å². The molecule has 0 saturated carbocycles. The van der Waals surface area contributed by atoms with E-state index in [-0.39, 0.29) is 5.91 Å².